The fraction of sp³-hybridized carbons (Fsp3) is 0.267. The van der Waals surface area contributed by atoms with E-state index in [2.05, 4.69) is 9.98 Å². The molecular weight excluding hydrogens is 480 g/mol. The van der Waals surface area contributed by atoms with Crippen LogP contribution in [0.5, 0.6) is 5.75 Å². The quantitative estimate of drug-likeness (QED) is 0.266. The minimum Gasteiger partial charge on any atom is -0.497 e. The zero-order chi connectivity index (χ0) is 27.0. The van der Waals surface area contributed by atoms with E-state index < -0.39 is 11.9 Å². The Labute approximate surface area is 221 Å². The molecule has 1 unspecified atom stereocenters. The summed E-state index contributed by atoms with van der Waals surface area (Å²) in [4.78, 5) is 23.0. The lowest BCUT2D eigenvalue weighted by molar-refractivity contribution is -0.171. The van der Waals surface area contributed by atoms with Gasteiger partial charge in [-0.3, -0.25) is 9.69 Å². The lowest BCUT2D eigenvalue weighted by Crippen LogP contribution is -2.41. The molecule has 2 N–H and O–H groups in total. The van der Waals surface area contributed by atoms with Crippen molar-refractivity contribution < 1.29 is 19.4 Å². The van der Waals surface area contributed by atoms with Crippen LogP contribution in [-0.2, 0) is 16.6 Å². The number of aliphatic imine (C=N–C) groups is 1. The molecule has 4 aromatic rings. The van der Waals surface area contributed by atoms with Crippen LogP contribution in [0.1, 0.15) is 31.9 Å². The summed E-state index contributed by atoms with van der Waals surface area (Å²) in [5.41, 5.74) is 3.57. The van der Waals surface area contributed by atoms with Crippen LogP contribution >= 0.6 is 0 Å². The number of carbonyl (C=O) groups is 1. The first kappa shape index (κ1) is 25.5. The highest BCUT2D eigenvalue weighted by atomic mass is 16.6. The SMILES string of the molecule is COc1ccc2c(c1)c(/C=C1N=C(/C=C/c3c[nH]c4ccccc34)N(CC(O)OC(C)(C)C)C\1=O)cn2C. The van der Waals surface area contributed by atoms with Crippen LogP contribution in [0.25, 0.3) is 34.0 Å². The first-order valence-electron chi connectivity index (χ1n) is 12.5. The Hall–Kier alpha value is -4.14. The maximum atomic E-state index is 13.6. The van der Waals surface area contributed by atoms with Gasteiger partial charge in [-0.2, -0.15) is 0 Å². The first-order chi connectivity index (χ1) is 18.1. The molecule has 0 aliphatic carbocycles. The number of aromatic nitrogens is 2. The second-order valence-electron chi connectivity index (χ2n) is 10.3. The van der Waals surface area contributed by atoms with E-state index in [1.54, 1.807) is 19.3 Å². The molecule has 3 heterocycles. The highest BCUT2D eigenvalue weighted by Gasteiger charge is 2.32. The third-order valence-electron chi connectivity index (χ3n) is 6.36. The number of aryl methyl sites for hydroxylation is 1. The van der Waals surface area contributed by atoms with Crippen LogP contribution in [0.3, 0.4) is 0 Å². The number of rotatable bonds is 7. The van der Waals surface area contributed by atoms with E-state index >= 15 is 0 Å². The van der Waals surface area contributed by atoms with Gasteiger partial charge in [0.1, 0.15) is 17.3 Å². The smallest absolute Gasteiger partial charge is 0.278 e. The molecule has 0 saturated heterocycles. The normalized spacial score (nSPS) is 16.4. The van der Waals surface area contributed by atoms with Gasteiger partial charge in [0, 0.05) is 46.8 Å². The molecule has 0 spiro atoms. The van der Waals surface area contributed by atoms with E-state index in [0.717, 1.165) is 38.7 Å². The Morgan fingerprint density at radius 1 is 1.11 bits per heavy atom. The predicted molar refractivity (Wildman–Crippen MR) is 151 cm³/mol. The Morgan fingerprint density at radius 2 is 1.89 bits per heavy atom. The maximum absolute atomic E-state index is 13.6. The molecule has 1 aliphatic heterocycles. The van der Waals surface area contributed by atoms with E-state index in [1.807, 2.05) is 93.3 Å². The molecule has 0 bridgehead atoms. The van der Waals surface area contributed by atoms with Crippen molar-refractivity contribution in [2.45, 2.75) is 32.7 Å². The third-order valence-corrected chi connectivity index (χ3v) is 6.36. The molecule has 2 aromatic carbocycles. The summed E-state index contributed by atoms with van der Waals surface area (Å²) < 4.78 is 13.1. The summed E-state index contributed by atoms with van der Waals surface area (Å²) in [6, 6.07) is 13.8. The van der Waals surface area contributed by atoms with Crippen LogP contribution in [-0.4, -0.2) is 56.8 Å². The largest absolute Gasteiger partial charge is 0.497 e. The number of benzene rings is 2. The lowest BCUT2D eigenvalue weighted by atomic mass is 10.1. The van der Waals surface area contributed by atoms with Crippen molar-refractivity contribution in [3.63, 3.8) is 0 Å². The van der Waals surface area contributed by atoms with Gasteiger partial charge in [-0.15, -0.1) is 0 Å². The number of aliphatic hydroxyl groups excluding tert-OH is 1. The summed E-state index contributed by atoms with van der Waals surface area (Å²) in [6.45, 7) is 5.52. The highest BCUT2D eigenvalue weighted by molar-refractivity contribution is 6.19. The fourth-order valence-corrected chi connectivity index (χ4v) is 4.66. The van der Waals surface area contributed by atoms with E-state index in [9.17, 15) is 9.90 Å². The van der Waals surface area contributed by atoms with Crippen molar-refractivity contribution in [1.82, 2.24) is 14.5 Å². The molecule has 38 heavy (non-hydrogen) atoms. The zero-order valence-electron chi connectivity index (χ0n) is 22.2. The average molecular weight is 513 g/mol. The minimum absolute atomic E-state index is 0.0478. The molecule has 2 aromatic heterocycles. The Balaban J connectivity index is 1.53. The number of carbonyl (C=O) groups excluding carboxylic acids is 1. The van der Waals surface area contributed by atoms with Gasteiger partial charge in [-0.05, 0) is 68.8 Å². The number of amidine groups is 1. The number of aromatic amines is 1. The fourth-order valence-electron chi connectivity index (χ4n) is 4.66. The van der Waals surface area contributed by atoms with Crippen molar-refractivity contribution in [2.24, 2.45) is 12.0 Å². The molecule has 5 rings (SSSR count). The van der Waals surface area contributed by atoms with Gasteiger partial charge in [0.05, 0.1) is 19.3 Å². The number of hydrogen-bond donors (Lipinski definition) is 2. The lowest BCUT2D eigenvalue weighted by Gasteiger charge is -2.27. The Bertz CT molecular complexity index is 1600. The molecule has 0 fully saturated rings. The predicted octanol–water partition coefficient (Wildman–Crippen LogP) is 5.10. The molecule has 1 aliphatic rings. The molecular formula is C30H32N4O4. The number of ether oxygens (including phenoxy) is 2. The number of H-pyrrole nitrogens is 1. The second kappa shape index (κ2) is 9.96. The summed E-state index contributed by atoms with van der Waals surface area (Å²) >= 11 is 0. The minimum atomic E-state index is -1.17. The number of hydrogen-bond acceptors (Lipinski definition) is 5. The van der Waals surface area contributed by atoms with Crippen molar-refractivity contribution in [3.8, 4) is 5.75 Å². The van der Waals surface area contributed by atoms with E-state index in [1.165, 1.54) is 4.90 Å². The molecule has 0 radical (unpaired) electrons. The molecule has 0 saturated carbocycles. The number of aliphatic hydroxyl groups is 1. The molecule has 8 heteroatoms. The number of fused-ring (bicyclic) bond motifs is 2. The van der Waals surface area contributed by atoms with Crippen LogP contribution in [0.2, 0.25) is 0 Å². The van der Waals surface area contributed by atoms with Gasteiger partial charge in [0.2, 0.25) is 0 Å². The molecule has 8 nitrogen and oxygen atoms in total. The summed E-state index contributed by atoms with van der Waals surface area (Å²) in [7, 11) is 3.58. The summed E-state index contributed by atoms with van der Waals surface area (Å²) in [6.07, 6.45) is 8.19. The number of amides is 1. The summed E-state index contributed by atoms with van der Waals surface area (Å²) in [5.74, 6) is 0.858. The number of methoxy groups -OCH3 is 1. The average Bonchev–Trinajstić information content (AvgIpc) is 3.51. The van der Waals surface area contributed by atoms with Gasteiger partial charge in [0.25, 0.3) is 5.91 Å². The standard InChI is InChI=1S/C30H32N4O4/c1-30(2,3)38-28(35)18-34-27(13-10-19-16-31-24-9-7-6-8-22(19)24)32-25(29(34)36)14-20-17-33(4)26-12-11-21(37-5)15-23(20)26/h6-17,28,31,35H,18H2,1-5H3/b13-10+,25-14-. The van der Waals surface area contributed by atoms with Crippen molar-refractivity contribution in [2.75, 3.05) is 13.7 Å². The Morgan fingerprint density at radius 3 is 2.66 bits per heavy atom. The van der Waals surface area contributed by atoms with Gasteiger partial charge in [-0.25, -0.2) is 4.99 Å². The van der Waals surface area contributed by atoms with E-state index in [4.69, 9.17) is 9.47 Å². The van der Waals surface area contributed by atoms with Crippen LogP contribution < -0.4 is 4.74 Å². The first-order valence-corrected chi connectivity index (χ1v) is 12.5. The number of β-amino-alcohol motifs (C(OH)–C–C–N with tert-alkyl or cyclic N) is 1. The second-order valence-corrected chi connectivity index (χ2v) is 10.3. The summed E-state index contributed by atoms with van der Waals surface area (Å²) in [5, 5.41) is 12.6. The molecule has 1 amide bonds. The van der Waals surface area contributed by atoms with Gasteiger partial charge >= 0.3 is 0 Å². The van der Waals surface area contributed by atoms with E-state index in [0.29, 0.717) is 5.84 Å². The van der Waals surface area contributed by atoms with Gasteiger partial charge in [0.15, 0.2) is 6.29 Å². The van der Waals surface area contributed by atoms with E-state index in [-0.39, 0.29) is 18.1 Å². The molecule has 1 atom stereocenters. The van der Waals surface area contributed by atoms with Crippen LogP contribution in [0, 0.1) is 0 Å². The number of nitrogens with one attached hydrogen (secondary N) is 1. The third kappa shape index (κ3) is 5.14. The number of para-hydroxylation sites is 1. The highest BCUT2D eigenvalue weighted by Crippen LogP contribution is 2.29. The van der Waals surface area contributed by atoms with Crippen LogP contribution in [0.15, 0.2) is 71.6 Å². The van der Waals surface area contributed by atoms with Gasteiger partial charge in [-0.1, -0.05) is 18.2 Å². The van der Waals surface area contributed by atoms with Gasteiger partial charge < -0.3 is 24.1 Å². The zero-order valence-corrected chi connectivity index (χ0v) is 22.2. The maximum Gasteiger partial charge on any atom is 0.278 e. The number of nitrogens with zero attached hydrogens (tertiary/aromatic N) is 3. The van der Waals surface area contributed by atoms with Crippen molar-refractivity contribution >= 4 is 45.7 Å². The van der Waals surface area contributed by atoms with Crippen LogP contribution in [0.4, 0.5) is 0 Å². The van der Waals surface area contributed by atoms with Crippen molar-refractivity contribution in [3.05, 3.63) is 77.8 Å². The molecule has 196 valence electrons. The monoisotopic (exact) mass is 512 g/mol. The Kier molecular flexibility index (Phi) is 6.69. The topological polar surface area (TPSA) is 92.1 Å². The van der Waals surface area contributed by atoms with Crippen molar-refractivity contribution in [1.29, 1.82) is 0 Å².